The number of hydrogen-bond acceptors (Lipinski definition) is 6. The van der Waals surface area contributed by atoms with E-state index >= 15 is 0 Å². The van der Waals surface area contributed by atoms with E-state index < -0.39 is 0 Å². The maximum Gasteiger partial charge on any atom is 0.241 e. The zero-order chi connectivity index (χ0) is 16.9. The zero-order valence-corrected chi connectivity index (χ0v) is 14.1. The highest BCUT2D eigenvalue weighted by atomic mass is 16.5. The molecule has 0 spiro atoms. The summed E-state index contributed by atoms with van der Waals surface area (Å²) in [5.74, 6) is 2.18. The van der Waals surface area contributed by atoms with Crippen molar-refractivity contribution in [2.45, 2.75) is 19.9 Å². The Morgan fingerprint density at radius 2 is 1.92 bits per heavy atom. The summed E-state index contributed by atoms with van der Waals surface area (Å²) in [6.07, 6.45) is 0.564. The lowest BCUT2D eigenvalue weighted by atomic mass is 10.2. The van der Waals surface area contributed by atoms with Gasteiger partial charge in [-0.25, -0.2) is 0 Å². The Bertz CT molecular complexity index is 675. The number of ether oxygens (including phenoxy) is 1. The highest BCUT2D eigenvalue weighted by Crippen LogP contribution is 2.20. The van der Waals surface area contributed by atoms with E-state index in [-0.39, 0.29) is 5.91 Å². The smallest absolute Gasteiger partial charge is 0.241 e. The van der Waals surface area contributed by atoms with Crippen molar-refractivity contribution in [3.63, 3.8) is 0 Å². The van der Waals surface area contributed by atoms with Gasteiger partial charge < -0.3 is 14.2 Å². The van der Waals surface area contributed by atoms with Crippen LogP contribution in [0.1, 0.15) is 19.2 Å². The normalized spacial score (nSPS) is 15.5. The molecule has 1 saturated heterocycles. The third-order valence-electron chi connectivity index (χ3n) is 4.20. The molecule has 3 rings (SSSR count). The number of benzene rings is 1. The molecular formula is C17H22N4O3. The largest absolute Gasteiger partial charge is 0.497 e. The van der Waals surface area contributed by atoms with Crippen LogP contribution >= 0.6 is 0 Å². The minimum absolute atomic E-state index is 0.217. The second-order valence-corrected chi connectivity index (χ2v) is 5.75. The molecule has 0 saturated carbocycles. The number of carbonyl (C=O) groups excluding carboxylic acids is 1. The maximum atomic E-state index is 11.7. The predicted molar refractivity (Wildman–Crippen MR) is 88.4 cm³/mol. The van der Waals surface area contributed by atoms with Crippen LogP contribution in [0.5, 0.6) is 5.75 Å². The van der Waals surface area contributed by atoms with Crippen LogP contribution in [0.4, 0.5) is 0 Å². The highest BCUT2D eigenvalue weighted by Gasteiger charge is 2.21. The summed E-state index contributed by atoms with van der Waals surface area (Å²) in [6.45, 7) is 5.67. The van der Waals surface area contributed by atoms with Crippen LogP contribution in [0.2, 0.25) is 0 Å². The van der Waals surface area contributed by atoms with Gasteiger partial charge in [-0.2, -0.15) is 4.98 Å². The van der Waals surface area contributed by atoms with E-state index in [9.17, 15) is 4.79 Å². The molecular weight excluding hydrogens is 308 g/mol. The standard InChI is InChI=1S/C17H22N4O3/c1-3-16(22)21-10-8-20(9-11-21)12-15-18-17(19-24-15)13-4-6-14(23-2)7-5-13/h4-7H,3,8-12H2,1-2H3. The van der Waals surface area contributed by atoms with Gasteiger partial charge in [0.2, 0.25) is 17.6 Å². The number of amides is 1. The third-order valence-corrected chi connectivity index (χ3v) is 4.20. The molecule has 2 heterocycles. The molecule has 7 heteroatoms. The summed E-state index contributed by atoms with van der Waals surface area (Å²) in [4.78, 5) is 20.3. The van der Waals surface area contributed by atoms with Crippen molar-refractivity contribution >= 4 is 5.91 Å². The van der Waals surface area contributed by atoms with E-state index in [1.54, 1.807) is 7.11 Å². The van der Waals surface area contributed by atoms with Crippen molar-refractivity contribution in [2.75, 3.05) is 33.3 Å². The molecule has 0 radical (unpaired) electrons. The van der Waals surface area contributed by atoms with Crippen LogP contribution < -0.4 is 4.74 Å². The number of carbonyl (C=O) groups is 1. The number of hydrogen-bond donors (Lipinski definition) is 0. The summed E-state index contributed by atoms with van der Waals surface area (Å²) < 4.78 is 10.5. The molecule has 128 valence electrons. The second-order valence-electron chi connectivity index (χ2n) is 5.75. The van der Waals surface area contributed by atoms with Gasteiger partial charge >= 0.3 is 0 Å². The molecule has 24 heavy (non-hydrogen) atoms. The Balaban J connectivity index is 1.57. The molecule has 0 unspecified atom stereocenters. The highest BCUT2D eigenvalue weighted by molar-refractivity contribution is 5.75. The van der Waals surface area contributed by atoms with Crippen molar-refractivity contribution in [2.24, 2.45) is 0 Å². The van der Waals surface area contributed by atoms with Crippen LogP contribution in [0.3, 0.4) is 0 Å². The molecule has 1 aliphatic rings. The first-order valence-corrected chi connectivity index (χ1v) is 8.16. The molecule has 7 nitrogen and oxygen atoms in total. The lowest BCUT2D eigenvalue weighted by Gasteiger charge is -2.33. The molecule has 1 aromatic heterocycles. The summed E-state index contributed by atoms with van der Waals surface area (Å²) in [7, 11) is 1.63. The summed E-state index contributed by atoms with van der Waals surface area (Å²) in [5, 5.41) is 4.05. The molecule has 0 bridgehead atoms. The van der Waals surface area contributed by atoms with Crippen LogP contribution in [0.25, 0.3) is 11.4 Å². The Labute approximate surface area is 141 Å². The van der Waals surface area contributed by atoms with E-state index in [1.807, 2.05) is 36.1 Å². The first kappa shape index (κ1) is 16.4. The molecule has 1 aromatic carbocycles. The zero-order valence-electron chi connectivity index (χ0n) is 14.1. The fourth-order valence-electron chi connectivity index (χ4n) is 2.75. The van der Waals surface area contributed by atoms with Gasteiger partial charge in [0.1, 0.15) is 5.75 Å². The molecule has 1 fully saturated rings. The number of piperazine rings is 1. The topological polar surface area (TPSA) is 71.7 Å². The molecule has 1 aliphatic heterocycles. The fraction of sp³-hybridized carbons (Fsp3) is 0.471. The van der Waals surface area contributed by atoms with Gasteiger partial charge in [0, 0.05) is 38.2 Å². The minimum Gasteiger partial charge on any atom is -0.497 e. The predicted octanol–water partition coefficient (Wildman–Crippen LogP) is 1.80. The van der Waals surface area contributed by atoms with Crippen LogP contribution in [-0.2, 0) is 11.3 Å². The van der Waals surface area contributed by atoms with Gasteiger partial charge in [0.15, 0.2) is 0 Å². The number of rotatable bonds is 5. The van der Waals surface area contributed by atoms with E-state index in [4.69, 9.17) is 9.26 Å². The number of nitrogens with zero attached hydrogens (tertiary/aromatic N) is 4. The monoisotopic (exact) mass is 330 g/mol. The Morgan fingerprint density at radius 1 is 1.21 bits per heavy atom. The summed E-state index contributed by atoms with van der Waals surface area (Å²) in [6, 6.07) is 7.55. The first-order chi connectivity index (χ1) is 11.7. The minimum atomic E-state index is 0.217. The number of aromatic nitrogens is 2. The van der Waals surface area contributed by atoms with Crippen molar-refractivity contribution in [1.82, 2.24) is 19.9 Å². The lowest BCUT2D eigenvalue weighted by molar-refractivity contribution is -0.132. The molecule has 2 aromatic rings. The molecule has 0 N–H and O–H groups in total. The summed E-state index contributed by atoms with van der Waals surface area (Å²) in [5.41, 5.74) is 0.893. The Kier molecular flexibility index (Phi) is 5.10. The third kappa shape index (κ3) is 3.73. The maximum absolute atomic E-state index is 11.7. The summed E-state index contributed by atoms with van der Waals surface area (Å²) >= 11 is 0. The van der Waals surface area contributed by atoms with E-state index in [0.717, 1.165) is 37.5 Å². The van der Waals surface area contributed by atoms with Crippen LogP contribution in [0.15, 0.2) is 28.8 Å². The first-order valence-electron chi connectivity index (χ1n) is 8.16. The Hall–Kier alpha value is -2.41. The van der Waals surface area contributed by atoms with Gasteiger partial charge in [-0.3, -0.25) is 9.69 Å². The van der Waals surface area contributed by atoms with Gasteiger partial charge in [-0.1, -0.05) is 12.1 Å². The lowest BCUT2D eigenvalue weighted by Crippen LogP contribution is -2.48. The van der Waals surface area contributed by atoms with Gasteiger partial charge in [0.05, 0.1) is 13.7 Å². The fourth-order valence-corrected chi connectivity index (χ4v) is 2.75. The van der Waals surface area contributed by atoms with E-state index in [1.165, 1.54) is 0 Å². The average molecular weight is 330 g/mol. The van der Waals surface area contributed by atoms with E-state index in [0.29, 0.717) is 24.7 Å². The molecule has 0 atom stereocenters. The molecule has 1 amide bonds. The van der Waals surface area contributed by atoms with Gasteiger partial charge in [-0.15, -0.1) is 0 Å². The van der Waals surface area contributed by atoms with Crippen LogP contribution in [-0.4, -0.2) is 59.1 Å². The van der Waals surface area contributed by atoms with Gasteiger partial charge in [0.25, 0.3) is 0 Å². The second kappa shape index (κ2) is 7.44. The molecule has 0 aliphatic carbocycles. The number of methoxy groups -OCH3 is 1. The SMILES string of the molecule is CCC(=O)N1CCN(Cc2nc(-c3ccc(OC)cc3)no2)CC1. The Morgan fingerprint density at radius 3 is 2.54 bits per heavy atom. The van der Waals surface area contributed by atoms with Gasteiger partial charge in [-0.05, 0) is 24.3 Å². The van der Waals surface area contributed by atoms with Crippen LogP contribution in [0, 0.1) is 0 Å². The van der Waals surface area contributed by atoms with Crippen molar-refractivity contribution in [3.05, 3.63) is 30.2 Å². The van der Waals surface area contributed by atoms with E-state index in [2.05, 4.69) is 15.0 Å². The quantitative estimate of drug-likeness (QED) is 0.832. The average Bonchev–Trinajstić information content (AvgIpc) is 3.10. The van der Waals surface area contributed by atoms with Crippen molar-refractivity contribution < 1.29 is 14.1 Å². The van der Waals surface area contributed by atoms with Crippen molar-refractivity contribution in [1.29, 1.82) is 0 Å². The van der Waals surface area contributed by atoms with Crippen molar-refractivity contribution in [3.8, 4) is 17.1 Å².